The second kappa shape index (κ2) is 6.07. The zero-order chi connectivity index (χ0) is 13.8. The van der Waals surface area contributed by atoms with Crippen molar-refractivity contribution < 1.29 is 19.1 Å². The monoisotopic (exact) mass is 257 g/mol. The lowest BCUT2D eigenvalue weighted by atomic mass is 9.73. The first kappa shape index (κ1) is 14.8. The first-order chi connectivity index (χ1) is 8.31. The minimum absolute atomic E-state index is 0.0570. The zero-order valence-corrected chi connectivity index (χ0v) is 11.6. The number of nitrogens with one attached hydrogen (secondary N) is 1. The van der Waals surface area contributed by atoms with Gasteiger partial charge in [-0.05, 0) is 46.0 Å². The predicted octanol–water partition coefficient (Wildman–Crippen LogP) is 2.10. The molecule has 5 nitrogen and oxygen atoms in total. The van der Waals surface area contributed by atoms with E-state index in [1.807, 2.05) is 20.8 Å². The van der Waals surface area contributed by atoms with Crippen molar-refractivity contribution in [2.24, 2.45) is 11.8 Å². The van der Waals surface area contributed by atoms with Crippen LogP contribution >= 0.6 is 0 Å². The van der Waals surface area contributed by atoms with Crippen LogP contribution in [0.4, 0.5) is 4.79 Å². The lowest BCUT2D eigenvalue weighted by molar-refractivity contribution is -0.150. The molecule has 0 heterocycles. The summed E-state index contributed by atoms with van der Waals surface area (Å²) in [4.78, 5) is 22.5. The maximum Gasteiger partial charge on any atom is 0.407 e. The molecule has 18 heavy (non-hydrogen) atoms. The summed E-state index contributed by atoms with van der Waals surface area (Å²) in [5.74, 6) is 0.442. The minimum Gasteiger partial charge on any atom is -0.469 e. The normalized spacial score (nSPS) is 22.9. The molecule has 0 spiro atoms. The topological polar surface area (TPSA) is 64.6 Å². The van der Waals surface area contributed by atoms with Crippen molar-refractivity contribution in [2.75, 3.05) is 13.7 Å². The fraction of sp³-hybridized carbons (Fsp3) is 0.846. The van der Waals surface area contributed by atoms with Gasteiger partial charge in [-0.1, -0.05) is 0 Å². The molecule has 0 atom stereocenters. The van der Waals surface area contributed by atoms with Crippen molar-refractivity contribution >= 4 is 12.1 Å². The smallest absolute Gasteiger partial charge is 0.407 e. The molecular formula is C13H23NO4. The van der Waals surface area contributed by atoms with Crippen molar-refractivity contribution in [1.29, 1.82) is 0 Å². The summed E-state index contributed by atoms with van der Waals surface area (Å²) >= 11 is 0. The van der Waals surface area contributed by atoms with Gasteiger partial charge in [0, 0.05) is 6.54 Å². The highest BCUT2D eigenvalue weighted by Gasteiger charge is 2.34. The van der Waals surface area contributed by atoms with E-state index in [9.17, 15) is 9.59 Å². The third-order valence-corrected chi connectivity index (χ3v) is 2.99. The average Bonchev–Trinajstić information content (AvgIpc) is 2.17. The van der Waals surface area contributed by atoms with Gasteiger partial charge in [-0.2, -0.15) is 0 Å². The summed E-state index contributed by atoms with van der Waals surface area (Å²) in [5.41, 5.74) is -0.462. The van der Waals surface area contributed by atoms with E-state index in [-0.39, 0.29) is 18.0 Å². The van der Waals surface area contributed by atoms with Gasteiger partial charge in [0.05, 0.1) is 13.0 Å². The van der Waals surface area contributed by atoms with Crippen molar-refractivity contribution in [3.8, 4) is 0 Å². The number of amides is 1. The van der Waals surface area contributed by atoms with Crippen LogP contribution in [-0.2, 0) is 14.3 Å². The highest BCUT2D eigenvalue weighted by atomic mass is 16.6. The number of ether oxygens (including phenoxy) is 2. The van der Waals surface area contributed by atoms with E-state index < -0.39 is 5.60 Å². The molecule has 0 aromatic rings. The summed E-state index contributed by atoms with van der Waals surface area (Å²) < 4.78 is 9.80. The molecule has 1 N–H and O–H groups in total. The Labute approximate surface area is 108 Å². The Bertz CT molecular complexity index is 303. The number of alkyl carbamates (subject to hydrolysis) is 1. The van der Waals surface area contributed by atoms with Crippen LogP contribution in [0.25, 0.3) is 0 Å². The van der Waals surface area contributed by atoms with Crippen LogP contribution in [0.15, 0.2) is 0 Å². The lowest BCUT2D eigenvalue weighted by Crippen LogP contribution is -2.36. The summed E-state index contributed by atoms with van der Waals surface area (Å²) in [5, 5.41) is 2.72. The van der Waals surface area contributed by atoms with Crippen LogP contribution in [0.1, 0.15) is 40.0 Å². The molecule has 1 saturated carbocycles. The predicted molar refractivity (Wildman–Crippen MR) is 67.1 cm³/mol. The number of carbonyl (C=O) groups excluding carboxylic acids is 2. The summed E-state index contributed by atoms with van der Waals surface area (Å²) in [6.07, 6.45) is 2.23. The van der Waals surface area contributed by atoms with Gasteiger partial charge in [0.1, 0.15) is 5.60 Å². The first-order valence-electron chi connectivity index (χ1n) is 6.36. The number of hydrogen-bond acceptors (Lipinski definition) is 4. The Morgan fingerprint density at radius 3 is 2.39 bits per heavy atom. The maximum absolute atomic E-state index is 11.4. The molecule has 0 aromatic heterocycles. The van der Waals surface area contributed by atoms with E-state index >= 15 is 0 Å². The van der Waals surface area contributed by atoms with Gasteiger partial charge in [0.15, 0.2) is 0 Å². The van der Waals surface area contributed by atoms with E-state index in [0.29, 0.717) is 12.5 Å². The van der Waals surface area contributed by atoms with Crippen LogP contribution in [-0.4, -0.2) is 31.3 Å². The number of rotatable bonds is 4. The molecule has 0 aliphatic heterocycles. The van der Waals surface area contributed by atoms with E-state index in [1.165, 1.54) is 7.11 Å². The number of methoxy groups -OCH3 is 1. The Hall–Kier alpha value is -1.26. The Balaban J connectivity index is 2.07. The highest BCUT2D eigenvalue weighted by Crippen LogP contribution is 2.36. The second-order valence-electron chi connectivity index (χ2n) is 5.77. The van der Waals surface area contributed by atoms with E-state index in [0.717, 1.165) is 19.3 Å². The Kier molecular flexibility index (Phi) is 4.99. The van der Waals surface area contributed by atoms with Crippen LogP contribution in [0, 0.1) is 11.8 Å². The van der Waals surface area contributed by atoms with Crippen molar-refractivity contribution in [3.63, 3.8) is 0 Å². The first-order valence-corrected chi connectivity index (χ1v) is 6.36. The molecule has 1 rings (SSSR count). The Morgan fingerprint density at radius 1 is 1.28 bits per heavy atom. The second-order valence-corrected chi connectivity index (χ2v) is 5.77. The van der Waals surface area contributed by atoms with Crippen LogP contribution in [0.2, 0.25) is 0 Å². The molecule has 0 aromatic carbocycles. The number of esters is 1. The van der Waals surface area contributed by atoms with Crippen molar-refractivity contribution in [1.82, 2.24) is 5.32 Å². The minimum atomic E-state index is -0.462. The summed E-state index contributed by atoms with van der Waals surface area (Å²) in [7, 11) is 1.42. The van der Waals surface area contributed by atoms with Crippen LogP contribution in [0.3, 0.4) is 0 Å². The largest absolute Gasteiger partial charge is 0.469 e. The molecule has 0 radical (unpaired) electrons. The third-order valence-electron chi connectivity index (χ3n) is 2.99. The SMILES string of the molecule is COC(=O)C1CC(CCNC(=O)OC(C)(C)C)C1. The molecule has 5 heteroatoms. The molecule has 0 bridgehead atoms. The fourth-order valence-corrected chi connectivity index (χ4v) is 2.02. The van der Waals surface area contributed by atoms with Crippen LogP contribution in [0.5, 0.6) is 0 Å². The van der Waals surface area contributed by atoms with Crippen LogP contribution < -0.4 is 5.32 Å². The average molecular weight is 257 g/mol. The van der Waals surface area contributed by atoms with Gasteiger partial charge in [0.25, 0.3) is 0 Å². The quantitative estimate of drug-likeness (QED) is 0.783. The maximum atomic E-state index is 11.4. The van der Waals surface area contributed by atoms with E-state index in [2.05, 4.69) is 10.1 Å². The summed E-state index contributed by atoms with van der Waals surface area (Å²) in [6, 6.07) is 0. The zero-order valence-electron chi connectivity index (χ0n) is 11.6. The lowest BCUT2D eigenvalue weighted by Gasteiger charge is -2.33. The van der Waals surface area contributed by atoms with Gasteiger partial charge >= 0.3 is 12.1 Å². The standard InChI is InChI=1S/C13H23NO4/c1-13(2,3)18-12(16)14-6-5-9-7-10(8-9)11(15)17-4/h9-10H,5-8H2,1-4H3,(H,14,16). The van der Waals surface area contributed by atoms with E-state index in [1.54, 1.807) is 0 Å². The van der Waals surface area contributed by atoms with Crippen molar-refractivity contribution in [3.05, 3.63) is 0 Å². The highest BCUT2D eigenvalue weighted by molar-refractivity contribution is 5.73. The third kappa shape index (κ3) is 4.94. The molecule has 1 amide bonds. The Morgan fingerprint density at radius 2 is 1.89 bits per heavy atom. The number of hydrogen-bond donors (Lipinski definition) is 1. The van der Waals surface area contributed by atoms with E-state index in [4.69, 9.17) is 4.74 Å². The molecular weight excluding hydrogens is 234 g/mol. The molecule has 1 aliphatic rings. The molecule has 1 fully saturated rings. The molecule has 0 saturated heterocycles. The molecule has 104 valence electrons. The van der Waals surface area contributed by atoms with Gasteiger partial charge in [-0.3, -0.25) is 4.79 Å². The summed E-state index contributed by atoms with van der Waals surface area (Å²) in [6.45, 7) is 6.09. The van der Waals surface area contributed by atoms with Gasteiger partial charge in [-0.25, -0.2) is 4.79 Å². The molecule has 0 unspecified atom stereocenters. The van der Waals surface area contributed by atoms with Gasteiger partial charge in [-0.15, -0.1) is 0 Å². The fourth-order valence-electron chi connectivity index (χ4n) is 2.02. The van der Waals surface area contributed by atoms with Crippen molar-refractivity contribution in [2.45, 2.75) is 45.6 Å². The van der Waals surface area contributed by atoms with Gasteiger partial charge < -0.3 is 14.8 Å². The number of carbonyl (C=O) groups is 2. The van der Waals surface area contributed by atoms with Gasteiger partial charge in [0.2, 0.25) is 0 Å². The molecule has 1 aliphatic carbocycles.